The largest absolute Gasteiger partial charge is 0.394 e. The molecule has 0 radical (unpaired) electrons. The predicted molar refractivity (Wildman–Crippen MR) is 85.0 cm³/mol. The highest BCUT2D eigenvalue weighted by Gasteiger charge is 2.39. The molecule has 1 fully saturated rings. The molecular weight excluding hydrogens is 332 g/mol. The summed E-state index contributed by atoms with van der Waals surface area (Å²) >= 11 is 5.91. The van der Waals surface area contributed by atoms with Crippen LogP contribution >= 0.6 is 23.6 Å². The summed E-state index contributed by atoms with van der Waals surface area (Å²) < 4.78 is 32.5. The summed E-state index contributed by atoms with van der Waals surface area (Å²) in [5.74, 6) is 0. The van der Waals surface area contributed by atoms with Crippen molar-refractivity contribution < 1.29 is 18.3 Å². The number of nitrogens with two attached hydrogens (primary N) is 1. The number of hydrogen-bond acceptors (Lipinski definition) is 6. The number of thiophene rings is 1. The first-order chi connectivity index (χ1) is 9.65. The van der Waals surface area contributed by atoms with E-state index in [0.717, 1.165) is 11.3 Å². The van der Waals surface area contributed by atoms with Gasteiger partial charge in [0.15, 0.2) is 0 Å². The minimum absolute atomic E-state index is 0.128. The van der Waals surface area contributed by atoms with E-state index in [1.54, 1.807) is 19.9 Å². The zero-order valence-corrected chi connectivity index (χ0v) is 14.2. The Balaban J connectivity index is 2.31. The highest BCUT2D eigenvalue weighted by atomic mass is 32.2. The molecule has 0 aliphatic carbocycles. The fraction of sp³-hybridized carbons (Fsp3) is 0.583. The van der Waals surface area contributed by atoms with Crippen LogP contribution in [0.5, 0.6) is 0 Å². The SMILES string of the molecule is CC1(C)CN(S(=O)(=O)c2ccc(C(N)=S)s2)CC(CO)O1. The van der Waals surface area contributed by atoms with Gasteiger partial charge in [-0.3, -0.25) is 0 Å². The summed E-state index contributed by atoms with van der Waals surface area (Å²) in [7, 11) is -3.64. The Morgan fingerprint density at radius 3 is 2.81 bits per heavy atom. The molecule has 2 heterocycles. The van der Waals surface area contributed by atoms with Crippen molar-refractivity contribution in [3.05, 3.63) is 17.0 Å². The fourth-order valence-corrected chi connectivity index (χ4v) is 5.37. The van der Waals surface area contributed by atoms with Crippen molar-refractivity contribution in [2.24, 2.45) is 5.73 Å². The Labute approximate surface area is 133 Å². The number of rotatable bonds is 4. The van der Waals surface area contributed by atoms with E-state index in [1.807, 2.05) is 0 Å². The maximum atomic E-state index is 12.7. The van der Waals surface area contributed by atoms with Gasteiger partial charge in [0.25, 0.3) is 10.0 Å². The first-order valence-corrected chi connectivity index (χ1v) is 9.01. The minimum Gasteiger partial charge on any atom is -0.394 e. The molecule has 1 aliphatic heterocycles. The van der Waals surface area contributed by atoms with Crippen LogP contribution in [0.1, 0.15) is 18.7 Å². The molecule has 1 unspecified atom stereocenters. The second kappa shape index (κ2) is 5.90. The number of hydrogen-bond donors (Lipinski definition) is 2. The van der Waals surface area contributed by atoms with E-state index < -0.39 is 21.7 Å². The summed E-state index contributed by atoms with van der Waals surface area (Å²) in [5, 5.41) is 9.28. The summed E-state index contributed by atoms with van der Waals surface area (Å²) in [4.78, 5) is 0.742. The minimum atomic E-state index is -3.64. The summed E-state index contributed by atoms with van der Waals surface area (Å²) in [5.41, 5.74) is 4.87. The van der Waals surface area contributed by atoms with E-state index in [9.17, 15) is 13.5 Å². The monoisotopic (exact) mass is 350 g/mol. The van der Waals surface area contributed by atoms with Gasteiger partial charge in [-0.25, -0.2) is 8.42 Å². The highest BCUT2D eigenvalue weighted by molar-refractivity contribution is 7.91. The average molecular weight is 350 g/mol. The molecule has 2 rings (SSSR count). The van der Waals surface area contributed by atoms with Gasteiger partial charge in [-0.15, -0.1) is 11.3 Å². The number of thiocarbonyl (C=S) groups is 1. The molecule has 0 bridgehead atoms. The lowest BCUT2D eigenvalue weighted by Crippen LogP contribution is -2.55. The Morgan fingerprint density at radius 2 is 2.29 bits per heavy atom. The van der Waals surface area contributed by atoms with Crippen LogP contribution in [0.2, 0.25) is 0 Å². The third kappa shape index (κ3) is 3.61. The van der Waals surface area contributed by atoms with Crippen LogP contribution < -0.4 is 5.73 Å². The average Bonchev–Trinajstić information content (AvgIpc) is 2.87. The molecule has 3 N–H and O–H groups in total. The third-order valence-corrected chi connectivity index (χ3v) is 6.82. The molecule has 1 aromatic rings. The second-order valence-corrected chi connectivity index (χ2v) is 9.15. The number of aliphatic hydroxyl groups excluding tert-OH is 1. The zero-order valence-electron chi connectivity index (χ0n) is 11.8. The van der Waals surface area contributed by atoms with Crippen LogP contribution in [0, 0.1) is 0 Å². The van der Waals surface area contributed by atoms with Crippen molar-refractivity contribution in [1.82, 2.24) is 4.31 Å². The molecule has 9 heteroatoms. The van der Waals surface area contributed by atoms with Crippen molar-refractivity contribution in [3.8, 4) is 0 Å². The van der Waals surface area contributed by atoms with Crippen LogP contribution in [0.25, 0.3) is 0 Å². The van der Waals surface area contributed by atoms with Gasteiger partial charge < -0.3 is 15.6 Å². The maximum absolute atomic E-state index is 12.7. The smallest absolute Gasteiger partial charge is 0.252 e. The third-order valence-electron chi connectivity index (χ3n) is 3.07. The molecule has 1 atom stereocenters. The number of aliphatic hydroxyl groups is 1. The van der Waals surface area contributed by atoms with Gasteiger partial charge in [0.05, 0.1) is 23.2 Å². The van der Waals surface area contributed by atoms with Crippen molar-refractivity contribution in [1.29, 1.82) is 0 Å². The molecule has 1 aromatic heterocycles. The molecule has 1 aliphatic rings. The molecular formula is C12H18N2O4S3. The summed E-state index contributed by atoms with van der Waals surface area (Å²) in [6, 6.07) is 3.11. The van der Waals surface area contributed by atoms with Crippen LogP contribution in [-0.2, 0) is 14.8 Å². The van der Waals surface area contributed by atoms with Crippen LogP contribution in [0.4, 0.5) is 0 Å². The van der Waals surface area contributed by atoms with E-state index in [4.69, 9.17) is 22.7 Å². The zero-order chi connectivity index (χ0) is 15.8. The second-order valence-electron chi connectivity index (χ2n) is 5.46. The molecule has 118 valence electrons. The van der Waals surface area contributed by atoms with Gasteiger partial charge >= 0.3 is 0 Å². The van der Waals surface area contributed by atoms with E-state index in [1.165, 1.54) is 10.4 Å². The Bertz CT molecular complexity index is 639. The van der Waals surface area contributed by atoms with Gasteiger partial charge in [0.1, 0.15) is 9.20 Å². The van der Waals surface area contributed by atoms with Crippen molar-refractivity contribution >= 4 is 38.6 Å². The van der Waals surface area contributed by atoms with Crippen molar-refractivity contribution in [2.75, 3.05) is 19.7 Å². The number of morpholine rings is 1. The van der Waals surface area contributed by atoms with Gasteiger partial charge in [-0.2, -0.15) is 4.31 Å². The maximum Gasteiger partial charge on any atom is 0.252 e. The fourth-order valence-electron chi connectivity index (χ4n) is 2.24. The van der Waals surface area contributed by atoms with E-state index in [-0.39, 0.29) is 28.9 Å². The molecule has 1 saturated heterocycles. The standard InChI is InChI=1S/C12H18N2O4S3/c1-12(2)7-14(5-8(6-15)18-12)21(16,17)10-4-3-9(20-10)11(13)19/h3-4,8,15H,5-7H2,1-2H3,(H2,13,19). The topological polar surface area (TPSA) is 92.9 Å². The quantitative estimate of drug-likeness (QED) is 0.770. The van der Waals surface area contributed by atoms with Crippen molar-refractivity contribution in [2.45, 2.75) is 29.8 Å². The van der Waals surface area contributed by atoms with E-state index >= 15 is 0 Å². The predicted octanol–water partition coefficient (Wildman–Crippen LogP) is 0.543. The Morgan fingerprint density at radius 1 is 1.62 bits per heavy atom. The molecule has 0 aromatic carbocycles. The number of sulfonamides is 1. The molecule has 21 heavy (non-hydrogen) atoms. The normalized spacial score (nSPS) is 23.1. The van der Waals surface area contributed by atoms with Crippen LogP contribution in [-0.4, -0.2) is 54.2 Å². The van der Waals surface area contributed by atoms with E-state index in [2.05, 4.69) is 0 Å². The molecule has 0 amide bonds. The Hall–Kier alpha value is -0.580. The van der Waals surface area contributed by atoms with Gasteiger partial charge in [0, 0.05) is 13.1 Å². The lowest BCUT2D eigenvalue weighted by atomic mass is 10.1. The Kier molecular flexibility index (Phi) is 4.72. The van der Waals surface area contributed by atoms with Gasteiger partial charge in [-0.1, -0.05) is 12.2 Å². The lowest BCUT2D eigenvalue weighted by molar-refractivity contribution is -0.131. The molecule has 0 saturated carbocycles. The van der Waals surface area contributed by atoms with Gasteiger partial charge in [-0.05, 0) is 26.0 Å². The van der Waals surface area contributed by atoms with Gasteiger partial charge in [0.2, 0.25) is 0 Å². The summed E-state index contributed by atoms with van der Waals surface area (Å²) in [6.07, 6.45) is -0.529. The van der Waals surface area contributed by atoms with Crippen LogP contribution in [0.15, 0.2) is 16.3 Å². The van der Waals surface area contributed by atoms with Crippen molar-refractivity contribution in [3.63, 3.8) is 0 Å². The van der Waals surface area contributed by atoms with Crippen LogP contribution in [0.3, 0.4) is 0 Å². The highest BCUT2D eigenvalue weighted by Crippen LogP contribution is 2.30. The molecule has 6 nitrogen and oxygen atoms in total. The first kappa shape index (κ1) is 16.8. The number of ether oxygens (including phenoxy) is 1. The first-order valence-electron chi connectivity index (χ1n) is 6.34. The van der Waals surface area contributed by atoms with E-state index in [0.29, 0.717) is 4.88 Å². The summed E-state index contributed by atoms with van der Waals surface area (Å²) in [6.45, 7) is 3.73. The number of nitrogens with zero attached hydrogens (tertiary/aromatic N) is 1. The lowest BCUT2D eigenvalue weighted by Gasteiger charge is -2.41. The molecule has 0 spiro atoms.